The van der Waals surface area contributed by atoms with E-state index in [1.165, 1.54) is 55.2 Å². The minimum atomic E-state index is 0.657. The average Bonchev–Trinajstić information content (AvgIpc) is 3.02. The Bertz CT molecular complexity index is 1160. The molecule has 41 heavy (non-hydrogen) atoms. The molecule has 1 saturated heterocycles. The Kier molecular flexibility index (Phi) is 11.2. The molecule has 220 valence electrons. The normalized spacial score (nSPS) is 16.6. The van der Waals surface area contributed by atoms with E-state index in [0.717, 1.165) is 70.0 Å². The fraction of sp³-hybridized carbons (Fsp3) is 0.515. The molecule has 1 aromatic heterocycles. The number of anilines is 3. The number of hydrogen-bond donors (Lipinski definition) is 4. The van der Waals surface area contributed by atoms with E-state index in [1.54, 1.807) is 0 Å². The van der Waals surface area contributed by atoms with Crippen LogP contribution >= 0.6 is 0 Å². The van der Waals surface area contributed by atoms with Crippen molar-refractivity contribution < 1.29 is 0 Å². The molecule has 8 heteroatoms. The summed E-state index contributed by atoms with van der Waals surface area (Å²) >= 11 is 0. The molecule has 0 unspecified atom stereocenters. The highest BCUT2D eigenvalue weighted by Gasteiger charge is 2.17. The molecule has 2 aromatic carbocycles. The molecule has 3 aromatic rings. The van der Waals surface area contributed by atoms with Crippen molar-refractivity contribution in [1.29, 1.82) is 0 Å². The first-order valence-electron chi connectivity index (χ1n) is 15.6. The quantitative estimate of drug-likeness (QED) is 0.210. The average molecular weight is 557 g/mol. The number of likely N-dealkylation sites (N-methyl/N-ethyl adjacent to an activating group) is 1. The van der Waals surface area contributed by atoms with Crippen LogP contribution in [-0.2, 0) is 19.6 Å². The first-order valence-corrected chi connectivity index (χ1v) is 15.6. The van der Waals surface area contributed by atoms with Crippen LogP contribution in [0, 0.1) is 0 Å². The number of benzene rings is 2. The second kappa shape index (κ2) is 15.7. The van der Waals surface area contributed by atoms with Crippen molar-refractivity contribution in [2.45, 2.75) is 64.2 Å². The van der Waals surface area contributed by atoms with Crippen LogP contribution in [0.4, 0.5) is 17.6 Å². The molecular weight excluding hydrogens is 508 g/mol. The maximum Gasteiger partial charge on any atom is 0.226 e. The van der Waals surface area contributed by atoms with Gasteiger partial charge in [-0.15, -0.1) is 0 Å². The highest BCUT2D eigenvalue weighted by Crippen LogP contribution is 2.21. The van der Waals surface area contributed by atoms with Gasteiger partial charge in [0, 0.05) is 57.9 Å². The Hall–Kier alpha value is -3.20. The van der Waals surface area contributed by atoms with Gasteiger partial charge in [0.15, 0.2) is 0 Å². The van der Waals surface area contributed by atoms with Gasteiger partial charge in [0.2, 0.25) is 5.95 Å². The fourth-order valence-corrected chi connectivity index (χ4v) is 5.61. The van der Waals surface area contributed by atoms with Crippen LogP contribution in [0.2, 0.25) is 0 Å². The molecule has 0 atom stereocenters. The van der Waals surface area contributed by atoms with E-state index < -0.39 is 0 Å². The smallest absolute Gasteiger partial charge is 0.226 e. The molecule has 1 saturated carbocycles. The summed E-state index contributed by atoms with van der Waals surface area (Å²) in [5, 5.41) is 14.3. The lowest BCUT2D eigenvalue weighted by Gasteiger charge is -2.33. The van der Waals surface area contributed by atoms with Gasteiger partial charge in [0.25, 0.3) is 0 Å². The third-order valence-electron chi connectivity index (χ3n) is 8.23. The summed E-state index contributed by atoms with van der Waals surface area (Å²) in [6.07, 6.45) is 8.09. The van der Waals surface area contributed by atoms with Gasteiger partial charge in [-0.25, -0.2) is 0 Å². The van der Waals surface area contributed by atoms with Crippen LogP contribution < -0.4 is 26.2 Å². The minimum Gasteiger partial charge on any atom is -0.366 e. The molecule has 2 aliphatic rings. The number of nitrogens with one attached hydrogen (secondary N) is 4. The summed E-state index contributed by atoms with van der Waals surface area (Å²) in [7, 11) is 2.18. The van der Waals surface area contributed by atoms with Crippen molar-refractivity contribution in [3.8, 4) is 0 Å². The van der Waals surface area contributed by atoms with E-state index in [4.69, 9.17) is 9.97 Å². The van der Waals surface area contributed by atoms with Gasteiger partial charge < -0.3 is 31.1 Å². The number of rotatable bonds is 14. The van der Waals surface area contributed by atoms with Crippen LogP contribution in [-0.4, -0.2) is 67.2 Å². The van der Waals surface area contributed by atoms with Gasteiger partial charge >= 0.3 is 0 Å². The number of aromatic nitrogens is 2. The first-order chi connectivity index (χ1) is 20.2. The van der Waals surface area contributed by atoms with Gasteiger partial charge in [-0.1, -0.05) is 73.9 Å². The van der Waals surface area contributed by atoms with Crippen LogP contribution in [0.15, 0.2) is 60.7 Å². The largest absolute Gasteiger partial charge is 0.366 e. The van der Waals surface area contributed by atoms with E-state index in [1.807, 2.05) is 6.07 Å². The van der Waals surface area contributed by atoms with E-state index in [2.05, 4.69) is 92.7 Å². The van der Waals surface area contributed by atoms with Gasteiger partial charge in [0.05, 0.1) is 0 Å². The van der Waals surface area contributed by atoms with E-state index in [9.17, 15) is 0 Å². The molecule has 1 aliphatic carbocycles. The Balaban J connectivity index is 1.10. The standard InChI is InChI=1S/C33H48N8/c1-40-19-21-41(22-20-40)32-23-31(36-25-27-9-4-2-5-10-27)38-33(39-32)37-26-29-15-13-28(14-16-29)24-34-17-8-18-35-30-11-6-3-7-12-30/h2,4-5,9-10,13-16,23,30,34-35H,3,6-8,11-12,17-22,24-26H2,1H3,(H2,36,37,38,39). The summed E-state index contributed by atoms with van der Waals surface area (Å²) in [6, 6.07) is 22.1. The second-order valence-corrected chi connectivity index (χ2v) is 11.6. The SMILES string of the molecule is CN1CCN(c2cc(NCc3ccccc3)nc(NCc3ccc(CNCCCNC4CCCCC4)cc3)n2)CC1. The summed E-state index contributed by atoms with van der Waals surface area (Å²) in [5.74, 6) is 2.47. The van der Waals surface area contributed by atoms with E-state index in [-0.39, 0.29) is 0 Å². The highest BCUT2D eigenvalue weighted by molar-refractivity contribution is 5.54. The predicted octanol–water partition coefficient (Wildman–Crippen LogP) is 4.85. The third-order valence-corrected chi connectivity index (χ3v) is 8.23. The van der Waals surface area contributed by atoms with Crippen LogP contribution in [0.3, 0.4) is 0 Å². The molecule has 0 radical (unpaired) electrons. The maximum atomic E-state index is 4.89. The van der Waals surface area contributed by atoms with E-state index >= 15 is 0 Å². The van der Waals surface area contributed by atoms with Crippen molar-refractivity contribution in [3.05, 3.63) is 77.4 Å². The summed E-state index contributed by atoms with van der Waals surface area (Å²) in [4.78, 5) is 14.4. The van der Waals surface area contributed by atoms with Gasteiger partial charge in [-0.3, -0.25) is 0 Å². The molecule has 1 aliphatic heterocycles. The van der Waals surface area contributed by atoms with Crippen molar-refractivity contribution in [2.75, 3.05) is 61.8 Å². The van der Waals surface area contributed by atoms with Crippen molar-refractivity contribution in [2.24, 2.45) is 0 Å². The van der Waals surface area contributed by atoms with Gasteiger partial charge in [0.1, 0.15) is 11.6 Å². The molecule has 4 N–H and O–H groups in total. The third kappa shape index (κ3) is 9.69. The topological polar surface area (TPSA) is 80.4 Å². The Morgan fingerprint density at radius 1 is 0.732 bits per heavy atom. The van der Waals surface area contributed by atoms with Crippen LogP contribution in [0.5, 0.6) is 0 Å². The fourth-order valence-electron chi connectivity index (χ4n) is 5.61. The lowest BCUT2D eigenvalue weighted by molar-refractivity contribution is 0.312. The molecule has 2 heterocycles. The first kappa shape index (κ1) is 29.3. The molecule has 5 rings (SSSR count). The zero-order valence-electron chi connectivity index (χ0n) is 24.7. The van der Waals surface area contributed by atoms with Crippen LogP contribution in [0.25, 0.3) is 0 Å². The Labute approximate surface area is 246 Å². The molecular formula is C33H48N8. The molecule has 0 amide bonds. The second-order valence-electron chi connectivity index (χ2n) is 11.6. The number of nitrogens with zero attached hydrogens (tertiary/aromatic N) is 4. The summed E-state index contributed by atoms with van der Waals surface area (Å²) < 4.78 is 0. The molecule has 2 fully saturated rings. The number of hydrogen-bond acceptors (Lipinski definition) is 8. The predicted molar refractivity (Wildman–Crippen MR) is 170 cm³/mol. The van der Waals surface area contributed by atoms with E-state index in [0.29, 0.717) is 12.5 Å². The highest BCUT2D eigenvalue weighted by atomic mass is 15.3. The Morgan fingerprint density at radius 2 is 1.41 bits per heavy atom. The van der Waals surface area contributed by atoms with Gasteiger partial charge in [-0.2, -0.15) is 9.97 Å². The van der Waals surface area contributed by atoms with Crippen molar-refractivity contribution in [1.82, 2.24) is 25.5 Å². The number of piperazine rings is 1. The lowest BCUT2D eigenvalue weighted by atomic mass is 9.95. The monoisotopic (exact) mass is 556 g/mol. The lowest BCUT2D eigenvalue weighted by Crippen LogP contribution is -2.44. The minimum absolute atomic E-state index is 0.657. The molecule has 8 nitrogen and oxygen atoms in total. The zero-order chi connectivity index (χ0) is 28.1. The zero-order valence-corrected chi connectivity index (χ0v) is 24.7. The van der Waals surface area contributed by atoms with Crippen LogP contribution in [0.1, 0.15) is 55.2 Å². The van der Waals surface area contributed by atoms with Crippen molar-refractivity contribution in [3.63, 3.8) is 0 Å². The maximum absolute atomic E-state index is 4.89. The molecule has 0 spiro atoms. The summed E-state index contributed by atoms with van der Waals surface area (Å²) in [5.41, 5.74) is 3.76. The molecule has 0 bridgehead atoms. The summed E-state index contributed by atoms with van der Waals surface area (Å²) in [6.45, 7) is 8.50. The van der Waals surface area contributed by atoms with Crippen molar-refractivity contribution >= 4 is 17.6 Å². The Morgan fingerprint density at radius 3 is 2.17 bits per heavy atom. The van der Waals surface area contributed by atoms with Gasteiger partial charge in [-0.05, 0) is 56.1 Å².